The Bertz CT molecular complexity index is 879. The maximum absolute atomic E-state index is 11.0. The molecule has 2 aliphatic heterocycles. The topological polar surface area (TPSA) is 116 Å². The molecule has 0 saturated carbocycles. The molecule has 7 nitrogen and oxygen atoms in total. The van der Waals surface area contributed by atoms with E-state index < -0.39 is 30.1 Å². The molecule has 0 aliphatic carbocycles. The van der Waals surface area contributed by atoms with Gasteiger partial charge >= 0.3 is 5.97 Å². The van der Waals surface area contributed by atoms with Crippen LogP contribution in [0, 0.1) is 0 Å². The van der Waals surface area contributed by atoms with Crippen molar-refractivity contribution in [1.82, 2.24) is 0 Å². The third-order valence-electron chi connectivity index (χ3n) is 5.40. The number of carbonyl (C=O) groups is 1. The second kappa shape index (κ2) is 7.27. The lowest BCUT2D eigenvalue weighted by Gasteiger charge is -2.43. The lowest BCUT2D eigenvalue weighted by atomic mass is 9.87. The molecule has 0 aromatic heterocycles. The smallest absolute Gasteiger partial charge is 0.335 e. The minimum Gasteiger partial charge on any atom is -0.478 e. The molecule has 2 aliphatic rings. The van der Waals surface area contributed by atoms with Crippen LogP contribution in [0.3, 0.4) is 0 Å². The Labute approximate surface area is 161 Å². The van der Waals surface area contributed by atoms with Crippen molar-refractivity contribution >= 4 is 5.97 Å². The number of hydrogen-bond acceptors (Lipinski definition) is 6. The first-order valence-corrected chi connectivity index (χ1v) is 9.16. The third kappa shape index (κ3) is 3.21. The van der Waals surface area contributed by atoms with Gasteiger partial charge in [0, 0.05) is 12.0 Å². The Kier molecular flexibility index (Phi) is 4.95. The fourth-order valence-electron chi connectivity index (χ4n) is 3.92. The van der Waals surface area contributed by atoms with Crippen LogP contribution < -0.4 is 0 Å². The van der Waals surface area contributed by atoms with Gasteiger partial charge in [-0.05, 0) is 41.3 Å². The highest BCUT2D eigenvalue weighted by molar-refractivity contribution is 5.87. The van der Waals surface area contributed by atoms with Gasteiger partial charge in [0.15, 0.2) is 0 Å². The van der Waals surface area contributed by atoms with Crippen LogP contribution in [0.25, 0.3) is 0 Å². The molecule has 1 fully saturated rings. The summed E-state index contributed by atoms with van der Waals surface area (Å²) >= 11 is 0. The number of carboxylic acid groups (broad SMARTS) is 1. The fraction of sp³-hybridized carbons (Fsp3) is 0.381. The molecule has 0 unspecified atom stereocenters. The Morgan fingerprint density at radius 1 is 1.11 bits per heavy atom. The molecule has 0 radical (unpaired) electrons. The van der Waals surface area contributed by atoms with Crippen LogP contribution >= 0.6 is 0 Å². The van der Waals surface area contributed by atoms with Crippen molar-refractivity contribution in [2.45, 2.75) is 43.5 Å². The lowest BCUT2D eigenvalue weighted by molar-refractivity contribution is -0.347. The van der Waals surface area contributed by atoms with E-state index in [1.807, 2.05) is 18.2 Å². The molecule has 4 atom stereocenters. The van der Waals surface area contributed by atoms with Crippen LogP contribution in [-0.2, 0) is 28.3 Å². The first-order valence-electron chi connectivity index (χ1n) is 9.16. The van der Waals surface area contributed by atoms with E-state index in [4.69, 9.17) is 14.6 Å². The summed E-state index contributed by atoms with van der Waals surface area (Å²) < 4.78 is 11.7. The zero-order valence-corrected chi connectivity index (χ0v) is 15.1. The molecule has 148 valence electrons. The van der Waals surface area contributed by atoms with Gasteiger partial charge in [-0.25, -0.2) is 4.79 Å². The van der Waals surface area contributed by atoms with E-state index >= 15 is 0 Å². The normalized spacial score (nSPS) is 29.0. The number of aromatic carboxylic acids is 1. The standard InChI is InChI=1S/C21H22O7/c22-10-16-9-18(23)19(24)21(28-16)17-8-13(3-6-15(17)11-27-21)7-12-1-4-14(5-2-12)20(25)26/h1-6,8,16,18-19,22-24H,7,9-11H2,(H,25,26)/t16-,18-,19+,21-/m0/s1. The molecule has 28 heavy (non-hydrogen) atoms. The van der Waals surface area contributed by atoms with E-state index in [2.05, 4.69) is 0 Å². The first-order chi connectivity index (χ1) is 13.4. The predicted octanol–water partition coefficient (Wildman–Crippen LogP) is 1.16. The molecule has 0 bridgehead atoms. The van der Waals surface area contributed by atoms with E-state index in [9.17, 15) is 20.1 Å². The Balaban J connectivity index is 1.64. The summed E-state index contributed by atoms with van der Waals surface area (Å²) in [6.07, 6.45) is -2.26. The highest BCUT2D eigenvalue weighted by atomic mass is 16.7. The van der Waals surface area contributed by atoms with Crippen molar-refractivity contribution < 1.29 is 34.7 Å². The molecule has 1 saturated heterocycles. The number of fused-ring (bicyclic) bond motifs is 2. The number of rotatable bonds is 4. The van der Waals surface area contributed by atoms with Gasteiger partial charge in [-0.3, -0.25) is 0 Å². The molecule has 7 heteroatoms. The third-order valence-corrected chi connectivity index (χ3v) is 5.40. The lowest BCUT2D eigenvalue weighted by Crippen LogP contribution is -2.56. The zero-order chi connectivity index (χ0) is 19.9. The monoisotopic (exact) mass is 386 g/mol. The number of carboxylic acids is 1. The molecule has 4 N–H and O–H groups in total. The van der Waals surface area contributed by atoms with Crippen molar-refractivity contribution in [3.63, 3.8) is 0 Å². The van der Waals surface area contributed by atoms with Crippen molar-refractivity contribution in [1.29, 1.82) is 0 Å². The van der Waals surface area contributed by atoms with Crippen LogP contribution in [0.4, 0.5) is 0 Å². The first kappa shape index (κ1) is 19.0. The van der Waals surface area contributed by atoms with Crippen LogP contribution in [0.2, 0.25) is 0 Å². The largest absolute Gasteiger partial charge is 0.478 e. The van der Waals surface area contributed by atoms with E-state index in [1.54, 1.807) is 24.3 Å². The summed E-state index contributed by atoms with van der Waals surface area (Å²) in [6.45, 7) is -0.0370. The molecule has 1 spiro atoms. The van der Waals surface area contributed by atoms with Gasteiger partial charge in [0.2, 0.25) is 5.79 Å². The number of aliphatic hydroxyl groups is 3. The van der Waals surface area contributed by atoms with Crippen LogP contribution in [-0.4, -0.2) is 51.3 Å². The molecule has 2 heterocycles. The summed E-state index contributed by atoms with van der Waals surface area (Å²) in [4.78, 5) is 11.0. The van der Waals surface area contributed by atoms with Crippen molar-refractivity contribution in [3.05, 3.63) is 70.3 Å². The summed E-state index contributed by atoms with van der Waals surface area (Å²) in [5, 5.41) is 39.3. The van der Waals surface area contributed by atoms with Gasteiger partial charge in [0.05, 0.1) is 31.0 Å². The van der Waals surface area contributed by atoms with Gasteiger partial charge < -0.3 is 29.9 Å². The number of ether oxygens (including phenoxy) is 2. The van der Waals surface area contributed by atoms with E-state index in [0.717, 1.165) is 16.7 Å². The minimum absolute atomic E-state index is 0.133. The van der Waals surface area contributed by atoms with Crippen molar-refractivity contribution in [2.24, 2.45) is 0 Å². The molecular weight excluding hydrogens is 364 g/mol. The van der Waals surface area contributed by atoms with Gasteiger partial charge in [-0.1, -0.05) is 24.3 Å². The molecule has 2 aromatic carbocycles. The second-order valence-corrected chi connectivity index (χ2v) is 7.30. The average molecular weight is 386 g/mol. The van der Waals surface area contributed by atoms with Gasteiger partial charge in [0.25, 0.3) is 0 Å². The Morgan fingerprint density at radius 3 is 2.50 bits per heavy atom. The van der Waals surface area contributed by atoms with Gasteiger partial charge in [-0.2, -0.15) is 0 Å². The molecule has 2 aromatic rings. The van der Waals surface area contributed by atoms with Gasteiger partial charge in [-0.15, -0.1) is 0 Å². The molecular formula is C21H22O7. The second-order valence-electron chi connectivity index (χ2n) is 7.30. The number of benzene rings is 2. The number of hydrogen-bond donors (Lipinski definition) is 4. The SMILES string of the molecule is O=C(O)c1ccc(Cc2ccc3c(c2)[C@]2(OC3)O[C@H](CO)C[C@H](O)[C@H]2O)cc1. The highest BCUT2D eigenvalue weighted by Crippen LogP contribution is 2.46. The average Bonchev–Trinajstić information content (AvgIpc) is 3.05. The van der Waals surface area contributed by atoms with Crippen molar-refractivity contribution in [2.75, 3.05) is 6.61 Å². The maximum atomic E-state index is 11.0. The Hall–Kier alpha value is -2.29. The minimum atomic E-state index is -1.50. The molecule has 4 rings (SSSR count). The number of aliphatic hydroxyl groups excluding tert-OH is 3. The summed E-state index contributed by atoms with van der Waals surface area (Å²) in [6, 6.07) is 12.4. The Morgan fingerprint density at radius 2 is 1.82 bits per heavy atom. The summed E-state index contributed by atoms with van der Waals surface area (Å²) in [7, 11) is 0. The van der Waals surface area contributed by atoms with Crippen LogP contribution in [0.5, 0.6) is 0 Å². The van der Waals surface area contributed by atoms with E-state index in [1.165, 1.54) is 0 Å². The van der Waals surface area contributed by atoms with E-state index in [0.29, 0.717) is 12.0 Å². The summed E-state index contributed by atoms with van der Waals surface area (Å²) in [5.41, 5.74) is 3.61. The quantitative estimate of drug-likeness (QED) is 0.623. The fourth-order valence-corrected chi connectivity index (χ4v) is 3.92. The zero-order valence-electron chi connectivity index (χ0n) is 15.1. The van der Waals surface area contributed by atoms with Crippen LogP contribution in [0.15, 0.2) is 42.5 Å². The van der Waals surface area contributed by atoms with Crippen molar-refractivity contribution in [3.8, 4) is 0 Å². The molecule has 0 amide bonds. The maximum Gasteiger partial charge on any atom is 0.335 e. The predicted molar refractivity (Wildman–Crippen MR) is 97.7 cm³/mol. The summed E-state index contributed by atoms with van der Waals surface area (Å²) in [5.74, 6) is -2.47. The van der Waals surface area contributed by atoms with Crippen LogP contribution in [0.1, 0.15) is 39.0 Å². The van der Waals surface area contributed by atoms with E-state index in [-0.39, 0.29) is 25.2 Å². The van der Waals surface area contributed by atoms with Gasteiger partial charge in [0.1, 0.15) is 6.10 Å². The highest BCUT2D eigenvalue weighted by Gasteiger charge is 2.55.